The van der Waals surface area contributed by atoms with E-state index in [0.717, 1.165) is 12.2 Å². The number of benzene rings is 1. The van der Waals surface area contributed by atoms with Crippen LogP contribution < -0.4 is 0 Å². The van der Waals surface area contributed by atoms with Gasteiger partial charge in [0.25, 0.3) is 0 Å². The van der Waals surface area contributed by atoms with Crippen LogP contribution in [0, 0.1) is 0 Å². The highest BCUT2D eigenvalue weighted by Gasteiger charge is 2.22. The molecule has 0 amide bonds. The summed E-state index contributed by atoms with van der Waals surface area (Å²) in [5, 5.41) is 18.9. The van der Waals surface area contributed by atoms with Gasteiger partial charge < -0.3 is 19.7 Å². The third kappa shape index (κ3) is 5.76. The van der Waals surface area contributed by atoms with E-state index in [9.17, 15) is 29.4 Å². The van der Waals surface area contributed by atoms with Gasteiger partial charge >= 0.3 is 11.9 Å². The Morgan fingerprint density at radius 2 is 1.19 bits per heavy atom. The van der Waals surface area contributed by atoms with E-state index in [4.69, 9.17) is 9.47 Å². The van der Waals surface area contributed by atoms with E-state index < -0.39 is 48.9 Å². The summed E-state index contributed by atoms with van der Waals surface area (Å²) in [7, 11) is 0. The van der Waals surface area contributed by atoms with E-state index >= 15 is 0 Å². The van der Waals surface area contributed by atoms with Crippen molar-refractivity contribution in [3.63, 3.8) is 0 Å². The van der Waals surface area contributed by atoms with Crippen LogP contribution in [-0.4, -0.2) is 59.1 Å². The van der Waals surface area contributed by atoms with Crippen molar-refractivity contribution in [2.24, 2.45) is 0 Å². The van der Waals surface area contributed by atoms with Crippen LogP contribution in [0.3, 0.4) is 0 Å². The Kier molecular flexibility index (Phi) is 8.07. The van der Waals surface area contributed by atoms with Gasteiger partial charge in [0.2, 0.25) is 0 Å². The molecular weight excluding hydrogens is 344 g/mol. The van der Waals surface area contributed by atoms with Crippen molar-refractivity contribution in [3.8, 4) is 0 Å². The van der Waals surface area contributed by atoms with Crippen molar-refractivity contribution in [2.45, 2.75) is 12.2 Å². The number of aliphatic hydroxyl groups excluding tert-OH is 2. The standard InChI is InChI=1S/C18H18O8/c1-3-13(19)15(21)9-25-17(23)11-7-5-6-8-12(11)18(24)26-10-16(22)14(20)4-2/h3-8,15-16,21-22H,1-2,9-10H2. The molecule has 2 unspecified atom stereocenters. The first-order valence-electron chi connectivity index (χ1n) is 7.43. The number of hydrogen-bond donors (Lipinski definition) is 2. The highest BCUT2D eigenvalue weighted by Crippen LogP contribution is 2.12. The second-order valence-electron chi connectivity index (χ2n) is 4.99. The fourth-order valence-corrected chi connectivity index (χ4v) is 1.74. The van der Waals surface area contributed by atoms with E-state index in [1.807, 2.05) is 0 Å². The quantitative estimate of drug-likeness (QED) is 0.447. The minimum absolute atomic E-state index is 0.166. The number of ketones is 2. The van der Waals surface area contributed by atoms with Crippen molar-refractivity contribution < 1.29 is 38.9 Å². The maximum Gasteiger partial charge on any atom is 0.339 e. The molecule has 26 heavy (non-hydrogen) atoms. The van der Waals surface area contributed by atoms with Gasteiger partial charge in [0.05, 0.1) is 11.1 Å². The average Bonchev–Trinajstić information content (AvgIpc) is 2.68. The summed E-state index contributed by atoms with van der Waals surface area (Å²) >= 11 is 0. The molecule has 1 aromatic carbocycles. The Hall–Kier alpha value is -3.10. The molecule has 0 heterocycles. The molecule has 0 fully saturated rings. The van der Waals surface area contributed by atoms with Crippen molar-refractivity contribution in [2.75, 3.05) is 13.2 Å². The zero-order chi connectivity index (χ0) is 19.7. The molecule has 0 aliphatic rings. The minimum Gasteiger partial charge on any atom is -0.459 e. The van der Waals surface area contributed by atoms with Crippen LogP contribution in [0.25, 0.3) is 0 Å². The van der Waals surface area contributed by atoms with Gasteiger partial charge in [-0.25, -0.2) is 9.59 Å². The Morgan fingerprint density at radius 1 is 0.846 bits per heavy atom. The minimum atomic E-state index is -1.56. The number of carbonyl (C=O) groups is 4. The van der Waals surface area contributed by atoms with Gasteiger partial charge in [-0.1, -0.05) is 25.3 Å². The molecular formula is C18H18O8. The van der Waals surface area contributed by atoms with Gasteiger partial charge in [0, 0.05) is 0 Å². The summed E-state index contributed by atoms with van der Waals surface area (Å²) in [6, 6.07) is 5.50. The Balaban J connectivity index is 2.80. The van der Waals surface area contributed by atoms with Crippen LogP contribution in [0.15, 0.2) is 49.6 Å². The van der Waals surface area contributed by atoms with Gasteiger partial charge in [0.1, 0.15) is 13.2 Å². The fraction of sp³-hybridized carbons (Fsp3) is 0.222. The lowest BCUT2D eigenvalue weighted by Crippen LogP contribution is -2.27. The molecule has 138 valence electrons. The average molecular weight is 362 g/mol. The number of ether oxygens (including phenoxy) is 2. The van der Waals surface area contributed by atoms with Crippen LogP contribution >= 0.6 is 0 Å². The molecule has 8 nitrogen and oxygen atoms in total. The topological polar surface area (TPSA) is 127 Å². The largest absolute Gasteiger partial charge is 0.459 e. The maximum atomic E-state index is 12.1. The van der Waals surface area contributed by atoms with Gasteiger partial charge in [-0.05, 0) is 24.3 Å². The van der Waals surface area contributed by atoms with Crippen LogP contribution in [0.4, 0.5) is 0 Å². The van der Waals surface area contributed by atoms with Crippen molar-refractivity contribution in [1.29, 1.82) is 0 Å². The van der Waals surface area contributed by atoms with E-state index in [2.05, 4.69) is 13.2 Å². The normalized spacial score (nSPS) is 12.4. The SMILES string of the molecule is C=CC(=O)C(O)COC(=O)c1ccccc1C(=O)OCC(O)C(=O)C=C. The van der Waals surface area contributed by atoms with E-state index in [1.54, 1.807) is 0 Å². The Bertz CT molecular complexity index is 661. The molecule has 0 saturated heterocycles. The second kappa shape index (κ2) is 10.0. The lowest BCUT2D eigenvalue weighted by molar-refractivity contribution is -0.124. The van der Waals surface area contributed by atoms with Gasteiger partial charge in [-0.3, -0.25) is 9.59 Å². The Morgan fingerprint density at radius 3 is 1.50 bits per heavy atom. The number of rotatable bonds is 10. The second-order valence-corrected chi connectivity index (χ2v) is 4.99. The van der Waals surface area contributed by atoms with E-state index in [0.29, 0.717) is 0 Å². The first-order chi connectivity index (χ1) is 12.3. The first-order valence-corrected chi connectivity index (χ1v) is 7.43. The molecule has 2 atom stereocenters. The molecule has 0 aliphatic carbocycles. The smallest absolute Gasteiger partial charge is 0.339 e. The highest BCUT2D eigenvalue weighted by atomic mass is 16.5. The Labute approximate surface area is 149 Å². The maximum absolute atomic E-state index is 12.1. The molecule has 8 heteroatoms. The lowest BCUT2D eigenvalue weighted by atomic mass is 10.1. The monoisotopic (exact) mass is 362 g/mol. The third-order valence-electron chi connectivity index (χ3n) is 3.17. The van der Waals surface area contributed by atoms with Crippen LogP contribution in [0.1, 0.15) is 20.7 Å². The molecule has 0 aliphatic heterocycles. The summed E-state index contributed by atoms with van der Waals surface area (Å²) in [6.45, 7) is 5.17. The molecule has 0 saturated carbocycles. The van der Waals surface area contributed by atoms with Crippen LogP contribution in [-0.2, 0) is 19.1 Å². The summed E-state index contributed by atoms with van der Waals surface area (Å²) in [6.07, 6.45) is -1.34. The molecule has 0 bridgehead atoms. The number of aliphatic hydroxyl groups is 2. The summed E-state index contributed by atoms with van der Waals surface area (Å²) in [5.74, 6) is -3.36. The van der Waals surface area contributed by atoms with Gasteiger partial charge in [-0.2, -0.15) is 0 Å². The van der Waals surface area contributed by atoms with Gasteiger partial charge in [-0.15, -0.1) is 0 Å². The summed E-state index contributed by atoms with van der Waals surface area (Å²) in [4.78, 5) is 46.5. The van der Waals surface area contributed by atoms with E-state index in [1.165, 1.54) is 24.3 Å². The van der Waals surface area contributed by atoms with Gasteiger partial charge in [0.15, 0.2) is 23.8 Å². The molecule has 1 aromatic rings. The summed E-state index contributed by atoms with van der Waals surface area (Å²) < 4.78 is 9.61. The zero-order valence-electron chi connectivity index (χ0n) is 13.8. The van der Waals surface area contributed by atoms with Crippen LogP contribution in [0.5, 0.6) is 0 Å². The number of esters is 2. The fourth-order valence-electron chi connectivity index (χ4n) is 1.74. The zero-order valence-corrected chi connectivity index (χ0v) is 13.8. The predicted molar refractivity (Wildman–Crippen MR) is 89.4 cm³/mol. The molecule has 0 aromatic heterocycles. The van der Waals surface area contributed by atoms with Crippen molar-refractivity contribution in [3.05, 3.63) is 60.7 Å². The van der Waals surface area contributed by atoms with Crippen molar-refractivity contribution in [1.82, 2.24) is 0 Å². The molecule has 0 spiro atoms. The summed E-state index contributed by atoms with van der Waals surface area (Å²) in [5.41, 5.74) is -0.333. The first kappa shape index (κ1) is 20.9. The lowest BCUT2D eigenvalue weighted by Gasteiger charge is -2.12. The number of hydrogen-bond acceptors (Lipinski definition) is 8. The number of carbonyl (C=O) groups excluding carboxylic acids is 4. The van der Waals surface area contributed by atoms with E-state index in [-0.39, 0.29) is 11.1 Å². The van der Waals surface area contributed by atoms with Crippen LogP contribution in [0.2, 0.25) is 0 Å². The molecule has 2 N–H and O–H groups in total. The third-order valence-corrected chi connectivity index (χ3v) is 3.17. The predicted octanol–water partition coefficient (Wildman–Crippen LogP) is 0.232. The highest BCUT2D eigenvalue weighted by molar-refractivity contribution is 6.03. The van der Waals surface area contributed by atoms with Crippen molar-refractivity contribution >= 4 is 23.5 Å². The molecule has 0 radical (unpaired) electrons. The molecule has 1 rings (SSSR count).